The molecular formula is C12H17NO3. The minimum Gasteiger partial charge on any atom is -0.508 e. The number of esters is 1. The third-order valence-electron chi connectivity index (χ3n) is 1.72. The van der Waals surface area contributed by atoms with Gasteiger partial charge in [0.2, 0.25) is 0 Å². The largest absolute Gasteiger partial charge is 0.508 e. The van der Waals surface area contributed by atoms with E-state index in [0.717, 1.165) is 5.69 Å². The molecule has 4 heteroatoms. The molecule has 0 spiro atoms. The van der Waals surface area contributed by atoms with E-state index in [2.05, 4.69) is 5.32 Å². The van der Waals surface area contributed by atoms with Crippen molar-refractivity contribution < 1.29 is 14.6 Å². The second-order valence-corrected chi connectivity index (χ2v) is 4.49. The topological polar surface area (TPSA) is 58.6 Å². The van der Waals surface area contributed by atoms with Crippen molar-refractivity contribution in [1.82, 2.24) is 0 Å². The second-order valence-electron chi connectivity index (χ2n) is 4.49. The van der Waals surface area contributed by atoms with Gasteiger partial charge in [0, 0.05) is 5.69 Å². The summed E-state index contributed by atoms with van der Waals surface area (Å²) >= 11 is 0. The van der Waals surface area contributed by atoms with Crippen LogP contribution >= 0.6 is 0 Å². The lowest BCUT2D eigenvalue weighted by Crippen LogP contribution is -2.28. The highest BCUT2D eigenvalue weighted by Gasteiger charge is 2.15. The number of nitrogens with one attached hydrogen (secondary N) is 1. The van der Waals surface area contributed by atoms with E-state index in [0.29, 0.717) is 0 Å². The quantitative estimate of drug-likeness (QED) is 0.609. The van der Waals surface area contributed by atoms with Crippen molar-refractivity contribution in [2.24, 2.45) is 0 Å². The Labute approximate surface area is 95.2 Å². The van der Waals surface area contributed by atoms with Crippen LogP contribution in [0.5, 0.6) is 5.75 Å². The summed E-state index contributed by atoms with van der Waals surface area (Å²) in [7, 11) is 0. The first-order valence-corrected chi connectivity index (χ1v) is 5.11. The van der Waals surface area contributed by atoms with Crippen LogP contribution in [0.25, 0.3) is 0 Å². The smallest absolute Gasteiger partial charge is 0.325 e. The van der Waals surface area contributed by atoms with E-state index in [1.54, 1.807) is 24.3 Å². The van der Waals surface area contributed by atoms with Gasteiger partial charge in [0.25, 0.3) is 0 Å². The van der Waals surface area contributed by atoms with E-state index in [1.165, 1.54) is 0 Å². The van der Waals surface area contributed by atoms with Gasteiger partial charge in [-0.1, -0.05) is 0 Å². The van der Waals surface area contributed by atoms with E-state index in [9.17, 15) is 4.79 Å². The summed E-state index contributed by atoms with van der Waals surface area (Å²) in [4.78, 5) is 11.4. The molecule has 0 aliphatic rings. The van der Waals surface area contributed by atoms with Crippen LogP contribution in [0.4, 0.5) is 5.69 Å². The van der Waals surface area contributed by atoms with Gasteiger partial charge in [-0.25, -0.2) is 0 Å². The van der Waals surface area contributed by atoms with Crippen molar-refractivity contribution in [2.75, 3.05) is 11.9 Å². The van der Waals surface area contributed by atoms with Crippen molar-refractivity contribution in [3.05, 3.63) is 24.3 Å². The number of phenolic OH excluding ortho intramolecular Hbond substituents is 1. The average Bonchev–Trinajstić information content (AvgIpc) is 2.14. The molecular weight excluding hydrogens is 206 g/mol. The van der Waals surface area contributed by atoms with Gasteiger partial charge in [0.15, 0.2) is 0 Å². The summed E-state index contributed by atoms with van der Waals surface area (Å²) in [6.07, 6.45) is 0. The first kappa shape index (κ1) is 12.4. The number of carbonyl (C=O) groups excluding carboxylic acids is 1. The van der Waals surface area contributed by atoms with Crippen molar-refractivity contribution in [3.8, 4) is 5.75 Å². The van der Waals surface area contributed by atoms with E-state index >= 15 is 0 Å². The van der Waals surface area contributed by atoms with Crippen LogP contribution in [0.15, 0.2) is 24.3 Å². The molecule has 0 radical (unpaired) electrons. The maximum atomic E-state index is 11.4. The summed E-state index contributed by atoms with van der Waals surface area (Å²) in [5, 5.41) is 12.0. The lowest BCUT2D eigenvalue weighted by Gasteiger charge is -2.19. The van der Waals surface area contributed by atoms with Gasteiger partial charge in [-0.05, 0) is 45.0 Å². The number of hydrogen-bond donors (Lipinski definition) is 2. The standard InChI is InChI=1S/C12H17NO3/c1-12(2,3)16-11(15)8-13-9-4-6-10(14)7-5-9/h4-7,13-14H,8H2,1-3H3. The Morgan fingerprint density at radius 2 is 1.88 bits per heavy atom. The maximum Gasteiger partial charge on any atom is 0.325 e. The van der Waals surface area contributed by atoms with Crippen LogP contribution in [0, 0.1) is 0 Å². The number of carbonyl (C=O) groups is 1. The molecule has 0 aliphatic heterocycles. The van der Waals surface area contributed by atoms with E-state index in [4.69, 9.17) is 9.84 Å². The van der Waals surface area contributed by atoms with Crippen molar-refractivity contribution >= 4 is 11.7 Å². The summed E-state index contributed by atoms with van der Waals surface area (Å²) in [5.41, 5.74) is 0.303. The molecule has 0 saturated carbocycles. The summed E-state index contributed by atoms with van der Waals surface area (Å²) in [5.74, 6) is -0.108. The molecule has 88 valence electrons. The average molecular weight is 223 g/mol. The number of benzene rings is 1. The van der Waals surface area contributed by atoms with Gasteiger partial charge in [-0.3, -0.25) is 4.79 Å². The Balaban J connectivity index is 2.40. The number of hydrogen-bond acceptors (Lipinski definition) is 4. The molecule has 1 aromatic carbocycles. The number of rotatable bonds is 3. The molecule has 0 fully saturated rings. The highest BCUT2D eigenvalue weighted by atomic mass is 16.6. The van der Waals surface area contributed by atoms with Crippen LogP contribution < -0.4 is 5.32 Å². The molecule has 0 atom stereocenters. The van der Waals surface area contributed by atoms with Gasteiger partial charge >= 0.3 is 5.97 Å². The lowest BCUT2D eigenvalue weighted by atomic mass is 10.2. The molecule has 1 aromatic rings. The minimum atomic E-state index is -0.465. The third-order valence-corrected chi connectivity index (χ3v) is 1.72. The summed E-state index contributed by atoms with van der Waals surface area (Å²) in [6, 6.07) is 6.49. The Kier molecular flexibility index (Phi) is 3.77. The van der Waals surface area contributed by atoms with Crippen LogP contribution in [-0.2, 0) is 9.53 Å². The molecule has 4 nitrogen and oxygen atoms in total. The molecule has 0 amide bonds. The van der Waals surface area contributed by atoms with Crippen molar-refractivity contribution in [3.63, 3.8) is 0 Å². The Hall–Kier alpha value is -1.71. The van der Waals surface area contributed by atoms with Crippen LogP contribution in [0.3, 0.4) is 0 Å². The summed E-state index contributed by atoms with van der Waals surface area (Å²) < 4.78 is 5.13. The van der Waals surface area contributed by atoms with Crippen LogP contribution in [0.1, 0.15) is 20.8 Å². The monoisotopic (exact) mass is 223 g/mol. The fraction of sp³-hybridized carbons (Fsp3) is 0.417. The highest BCUT2D eigenvalue weighted by molar-refractivity contribution is 5.75. The summed E-state index contributed by atoms with van der Waals surface area (Å²) in [6.45, 7) is 5.59. The van der Waals surface area contributed by atoms with Crippen molar-refractivity contribution in [2.45, 2.75) is 26.4 Å². The SMILES string of the molecule is CC(C)(C)OC(=O)CNc1ccc(O)cc1. The molecule has 2 N–H and O–H groups in total. The fourth-order valence-corrected chi connectivity index (χ4v) is 1.13. The van der Waals surface area contributed by atoms with Gasteiger partial charge in [-0.2, -0.15) is 0 Å². The molecule has 0 unspecified atom stereocenters. The van der Waals surface area contributed by atoms with E-state index in [-0.39, 0.29) is 18.3 Å². The van der Waals surface area contributed by atoms with Gasteiger partial charge < -0.3 is 15.2 Å². The van der Waals surface area contributed by atoms with E-state index in [1.807, 2.05) is 20.8 Å². The molecule has 0 saturated heterocycles. The zero-order valence-electron chi connectivity index (χ0n) is 9.78. The fourth-order valence-electron chi connectivity index (χ4n) is 1.13. The number of phenols is 1. The third kappa shape index (κ3) is 4.68. The molecule has 0 aromatic heterocycles. The minimum absolute atomic E-state index is 0.113. The molecule has 0 bridgehead atoms. The molecule has 0 aliphatic carbocycles. The maximum absolute atomic E-state index is 11.4. The zero-order valence-corrected chi connectivity index (χ0v) is 9.78. The van der Waals surface area contributed by atoms with Gasteiger partial charge in [0.1, 0.15) is 17.9 Å². The Bertz CT molecular complexity index is 352. The van der Waals surface area contributed by atoms with Crippen molar-refractivity contribution in [1.29, 1.82) is 0 Å². The normalized spacial score (nSPS) is 10.9. The Morgan fingerprint density at radius 1 is 1.31 bits per heavy atom. The predicted octanol–water partition coefficient (Wildman–Crippen LogP) is 2.15. The first-order valence-electron chi connectivity index (χ1n) is 5.11. The molecule has 16 heavy (non-hydrogen) atoms. The molecule has 1 rings (SSSR count). The lowest BCUT2D eigenvalue weighted by molar-refractivity contribution is -0.152. The number of aromatic hydroxyl groups is 1. The second kappa shape index (κ2) is 4.88. The van der Waals surface area contributed by atoms with Gasteiger partial charge in [0.05, 0.1) is 0 Å². The van der Waals surface area contributed by atoms with Crippen LogP contribution in [0.2, 0.25) is 0 Å². The van der Waals surface area contributed by atoms with Crippen LogP contribution in [-0.4, -0.2) is 23.2 Å². The highest BCUT2D eigenvalue weighted by Crippen LogP contribution is 2.13. The Morgan fingerprint density at radius 3 is 2.38 bits per heavy atom. The first-order chi connectivity index (χ1) is 7.37. The van der Waals surface area contributed by atoms with Gasteiger partial charge in [-0.15, -0.1) is 0 Å². The zero-order chi connectivity index (χ0) is 12.2. The number of anilines is 1. The predicted molar refractivity (Wildman–Crippen MR) is 62.4 cm³/mol. The molecule has 0 heterocycles. The number of ether oxygens (including phenoxy) is 1. The van der Waals surface area contributed by atoms with E-state index < -0.39 is 5.60 Å².